The standard InChI is InChI=1S/C7H11NO5/c1-3-5(6(9)12-4-2)7(10)13-8-11/h5H,3-4H2,1-2H3. The molecule has 0 spiro atoms. The molecule has 0 heterocycles. The van der Waals surface area contributed by atoms with E-state index >= 15 is 0 Å². The normalized spacial score (nSPS) is 11.5. The van der Waals surface area contributed by atoms with Gasteiger partial charge in [-0.05, 0) is 13.3 Å². The number of ether oxygens (including phenoxy) is 1. The van der Waals surface area contributed by atoms with Crippen molar-refractivity contribution in [1.82, 2.24) is 0 Å². The Morgan fingerprint density at radius 2 is 1.92 bits per heavy atom. The number of hydrogen-bond donors (Lipinski definition) is 0. The van der Waals surface area contributed by atoms with E-state index < -0.39 is 17.9 Å². The average Bonchev–Trinajstić information content (AvgIpc) is 2.06. The van der Waals surface area contributed by atoms with Gasteiger partial charge in [-0.3, -0.25) is 9.63 Å². The Kier molecular flexibility index (Phi) is 5.42. The minimum Gasteiger partial charge on any atom is -0.465 e. The van der Waals surface area contributed by atoms with Gasteiger partial charge >= 0.3 is 11.9 Å². The van der Waals surface area contributed by atoms with Crippen LogP contribution in [-0.4, -0.2) is 18.5 Å². The topological polar surface area (TPSA) is 82.0 Å². The Labute approximate surface area is 75.1 Å². The van der Waals surface area contributed by atoms with E-state index in [-0.39, 0.29) is 13.0 Å². The highest BCUT2D eigenvalue weighted by molar-refractivity contribution is 5.94. The van der Waals surface area contributed by atoms with Gasteiger partial charge in [0.2, 0.25) is 0 Å². The van der Waals surface area contributed by atoms with Crippen molar-refractivity contribution in [2.75, 3.05) is 6.61 Å². The smallest absolute Gasteiger partial charge is 0.352 e. The second-order valence-electron chi connectivity index (χ2n) is 2.20. The van der Waals surface area contributed by atoms with E-state index in [4.69, 9.17) is 0 Å². The van der Waals surface area contributed by atoms with Gasteiger partial charge in [-0.1, -0.05) is 6.92 Å². The molecule has 0 aliphatic carbocycles. The van der Waals surface area contributed by atoms with E-state index in [1.54, 1.807) is 13.8 Å². The maximum absolute atomic E-state index is 11.0. The third-order valence-corrected chi connectivity index (χ3v) is 1.39. The summed E-state index contributed by atoms with van der Waals surface area (Å²) in [5, 5.41) is 1.94. The van der Waals surface area contributed by atoms with Crippen LogP contribution in [0.4, 0.5) is 0 Å². The lowest BCUT2D eigenvalue weighted by Crippen LogP contribution is -2.26. The van der Waals surface area contributed by atoms with E-state index in [9.17, 15) is 14.5 Å². The van der Waals surface area contributed by atoms with Gasteiger partial charge in [0.1, 0.15) is 0 Å². The number of esters is 1. The van der Waals surface area contributed by atoms with Crippen LogP contribution in [0.15, 0.2) is 5.34 Å². The molecular formula is C7H11NO5. The van der Waals surface area contributed by atoms with Gasteiger partial charge in [0.15, 0.2) is 11.3 Å². The van der Waals surface area contributed by atoms with Crippen molar-refractivity contribution in [3.63, 3.8) is 0 Å². The molecule has 1 atom stereocenters. The molecule has 0 aromatic heterocycles. The summed E-state index contributed by atoms with van der Waals surface area (Å²) in [5.41, 5.74) is 0. The fraction of sp³-hybridized carbons (Fsp3) is 0.714. The Bertz CT molecular complexity index is 203. The van der Waals surface area contributed by atoms with E-state index in [0.29, 0.717) is 0 Å². The van der Waals surface area contributed by atoms with Crippen LogP contribution < -0.4 is 0 Å². The first-order valence-electron chi connectivity index (χ1n) is 3.87. The van der Waals surface area contributed by atoms with Gasteiger partial charge in [-0.2, -0.15) is 0 Å². The Morgan fingerprint density at radius 3 is 2.31 bits per heavy atom. The van der Waals surface area contributed by atoms with Crippen LogP contribution in [0.2, 0.25) is 0 Å². The zero-order valence-corrected chi connectivity index (χ0v) is 7.48. The summed E-state index contributed by atoms with van der Waals surface area (Å²) in [5.74, 6) is -2.73. The highest BCUT2D eigenvalue weighted by Crippen LogP contribution is 2.07. The second-order valence-corrected chi connectivity index (χ2v) is 2.20. The summed E-state index contributed by atoms with van der Waals surface area (Å²) in [6, 6.07) is 0. The summed E-state index contributed by atoms with van der Waals surface area (Å²) in [4.78, 5) is 35.3. The van der Waals surface area contributed by atoms with Crippen molar-refractivity contribution in [3.05, 3.63) is 4.91 Å². The third kappa shape index (κ3) is 3.64. The van der Waals surface area contributed by atoms with Crippen molar-refractivity contribution in [2.24, 2.45) is 11.3 Å². The van der Waals surface area contributed by atoms with Gasteiger partial charge < -0.3 is 4.74 Å². The predicted molar refractivity (Wildman–Crippen MR) is 42.3 cm³/mol. The van der Waals surface area contributed by atoms with Gasteiger partial charge in [-0.15, -0.1) is 4.91 Å². The van der Waals surface area contributed by atoms with Crippen molar-refractivity contribution >= 4 is 11.9 Å². The Morgan fingerprint density at radius 1 is 1.31 bits per heavy atom. The first kappa shape index (κ1) is 11.5. The van der Waals surface area contributed by atoms with Crippen LogP contribution in [0.3, 0.4) is 0 Å². The average molecular weight is 189 g/mol. The number of hydrogen-bond acceptors (Lipinski definition) is 6. The molecular weight excluding hydrogens is 178 g/mol. The molecule has 0 saturated heterocycles. The lowest BCUT2D eigenvalue weighted by molar-refractivity contribution is -0.162. The van der Waals surface area contributed by atoms with Crippen molar-refractivity contribution in [1.29, 1.82) is 0 Å². The van der Waals surface area contributed by atoms with Gasteiger partial charge in [0, 0.05) is 0 Å². The number of carbonyl (C=O) groups is 2. The van der Waals surface area contributed by atoms with Crippen LogP contribution in [0.5, 0.6) is 0 Å². The van der Waals surface area contributed by atoms with Crippen LogP contribution >= 0.6 is 0 Å². The molecule has 0 aromatic carbocycles. The van der Waals surface area contributed by atoms with E-state index in [1.165, 1.54) is 0 Å². The molecule has 0 rings (SSSR count). The molecule has 0 aromatic rings. The molecule has 0 amide bonds. The minimum atomic E-state index is -1.06. The molecule has 0 fully saturated rings. The van der Waals surface area contributed by atoms with Crippen molar-refractivity contribution in [3.8, 4) is 0 Å². The maximum atomic E-state index is 11.0. The first-order valence-corrected chi connectivity index (χ1v) is 3.87. The van der Waals surface area contributed by atoms with Gasteiger partial charge in [0.25, 0.3) is 0 Å². The fourth-order valence-corrected chi connectivity index (χ4v) is 0.773. The van der Waals surface area contributed by atoms with Gasteiger partial charge in [0.05, 0.1) is 6.61 Å². The zero-order valence-electron chi connectivity index (χ0n) is 7.48. The minimum absolute atomic E-state index is 0.178. The lowest BCUT2D eigenvalue weighted by Gasteiger charge is -2.08. The molecule has 0 saturated carbocycles. The van der Waals surface area contributed by atoms with E-state index in [0.717, 1.165) is 0 Å². The maximum Gasteiger partial charge on any atom is 0.352 e. The molecule has 13 heavy (non-hydrogen) atoms. The highest BCUT2D eigenvalue weighted by atomic mass is 16.7. The highest BCUT2D eigenvalue weighted by Gasteiger charge is 2.28. The molecule has 6 heteroatoms. The number of rotatable bonds is 5. The molecule has 74 valence electrons. The molecule has 0 aliphatic rings. The Hall–Kier alpha value is -1.46. The SMILES string of the molecule is CCOC(=O)C(CC)C(=O)ON=O. The predicted octanol–water partition coefficient (Wildman–Crippen LogP) is 0.800. The molecule has 0 radical (unpaired) electrons. The zero-order chi connectivity index (χ0) is 10.3. The molecule has 0 N–H and O–H groups in total. The summed E-state index contributed by atoms with van der Waals surface area (Å²) in [7, 11) is 0. The summed E-state index contributed by atoms with van der Waals surface area (Å²) < 4.78 is 4.58. The Balaban J connectivity index is 4.22. The summed E-state index contributed by atoms with van der Waals surface area (Å²) >= 11 is 0. The second kappa shape index (κ2) is 6.10. The molecule has 6 nitrogen and oxygen atoms in total. The fourth-order valence-electron chi connectivity index (χ4n) is 0.773. The summed E-state index contributed by atoms with van der Waals surface area (Å²) in [6.45, 7) is 3.40. The van der Waals surface area contributed by atoms with E-state index in [1.807, 2.05) is 5.34 Å². The lowest BCUT2D eigenvalue weighted by atomic mass is 10.1. The monoisotopic (exact) mass is 189 g/mol. The van der Waals surface area contributed by atoms with Gasteiger partial charge in [-0.25, -0.2) is 4.79 Å². The molecule has 0 aliphatic heterocycles. The molecule has 1 unspecified atom stereocenters. The third-order valence-electron chi connectivity index (χ3n) is 1.39. The quantitative estimate of drug-likeness (QED) is 0.276. The van der Waals surface area contributed by atoms with E-state index in [2.05, 4.69) is 9.57 Å². The largest absolute Gasteiger partial charge is 0.465 e. The first-order chi connectivity index (χ1) is 6.17. The van der Waals surface area contributed by atoms with Crippen molar-refractivity contribution in [2.45, 2.75) is 20.3 Å². The van der Waals surface area contributed by atoms with Crippen LogP contribution in [0, 0.1) is 10.8 Å². The van der Waals surface area contributed by atoms with Crippen LogP contribution in [0.1, 0.15) is 20.3 Å². The summed E-state index contributed by atoms with van der Waals surface area (Å²) in [6.07, 6.45) is 0.215. The number of nitrogens with zero attached hydrogens (tertiary/aromatic N) is 1. The van der Waals surface area contributed by atoms with Crippen LogP contribution in [-0.2, 0) is 19.2 Å². The van der Waals surface area contributed by atoms with Crippen molar-refractivity contribution < 1.29 is 19.2 Å². The molecule has 0 bridgehead atoms. The number of carbonyl (C=O) groups excluding carboxylic acids is 2. The van der Waals surface area contributed by atoms with Crippen LogP contribution in [0.25, 0.3) is 0 Å².